The number of nitrogens with zero attached hydrogens (tertiary/aromatic N) is 1. The van der Waals surface area contributed by atoms with Crippen molar-refractivity contribution in [2.75, 3.05) is 13.1 Å². The van der Waals surface area contributed by atoms with Gasteiger partial charge >= 0.3 is 0 Å². The molecule has 108 valence electrons. The van der Waals surface area contributed by atoms with E-state index in [4.69, 9.17) is 0 Å². The summed E-state index contributed by atoms with van der Waals surface area (Å²) >= 11 is 0. The summed E-state index contributed by atoms with van der Waals surface area (Å²) in [7, 11) is 0. The molecule has 3 rings (SSSR count). The van der Waals surface area contributed by atoms with Gasteiger partial charge in [-0.05, 0) is 32.2 Å². The molecule has 2 atom stereocenters. The molecule has 0 spiro atoms. The molecule has 2 amide bonds. The second-order valence-electron chi connectivity index (χ2n) is 5.69. The highest BCUT2D eigenvalue weighted by Gasteiger charge is 2.40. The Hall–Kier alpha value is -0.810. The molecule has 2 saturated heterocycles. The third-order valence-corrected chi connectivity index (χ3v) is 4.12. The first-order valence-electron chi connectivity index (χ1n) is 7.07. The van der Waals surface area contributed by atoms with Gasteiger partial charge in [-0.25, -0.2) is 0 Å². The minimum Gasteiger partial charge on any atom is -0.350 e. The average Bonchev–Trinajstić information content (AvgIpc) is 3.15. The van der Waals surface area contributed by atoms with Gasteiger partial charge in [0.15, 0.2) is 0 Å². The summed E-state index contributed by atoms with van der Waals surface area (Å²) in [6.07, 6.45) is 5.94. The number of halogens is 1. The fourth-order valence-corrected chi connectivity index (χ4v) is 2.94. The monoisotopic (exact) mass is 287 g/mol. The second-order valence-corrected chi connectivity index (χ2v) is 5.69. The molecule has 3 fully saturated rings. The summed E-state index contributed by atoms with van der Waals surface area (Å²) < 4.78 is 0. The lowest BCUT2D eigenvalue weighted by atomic mass is 10.0. The van der Waals surface area contributed by atoms with Gasteiger partial charge in [-0.15, -0.1) is 12.4 Å². The molecule has 1 saturated carbocycles. The van der Waals surface area contributed by atoms with E-state index in [9.17, 15) is 9.59 Å². The van der Waals surface area contributed by atoms with E-state index < -0.39 is 0 Å². The molecule has 1 aliphatic carbocycles. The molecule has 3 aliphatic rings. The molecule has 0 aromatic rings. The molecule has 0 aromatic heterocycles. The van der Waals surface area contributed by atoms with Crippen LogP contribution in [-0.2, 0) is 9.59 Å². The van der Waals surface area contributed by atoms with Crippen LogP contribution in [0.5, 0.6) is 0 Å². The van der Waals surface area contributed by atoms with Crippen LogP contribution in [0.3, 0.4) is 0 Å². The van der Waals surface area contributed by atoms with Crippen LogP contribution in [0.4, 0.5) is 0 Å². The van der Waals surface area contributed by atoms with Crippen LogP contribution in [-0.4, -0.2) is 47.9 Å². The summed E-state index contributed by atoms with van der Waals surface area (Å²) in [4.78, 5) is 25.8. The third-order valence-electron chi connectivity index (χ3n) is 4.12. The Labute approximate surface area is 119 Å². The summed E-state index contributed by atoms with van der Waals surface area (Å²) in [5.41, 5.74) is 0. The first-order valence-corrected chi connectivity index (χ1v) is 7.07. The lowest BCUT2D eigenvalue weighted by Gasteiger charge is -2.24. The normalized spacial score (nSPS) is 30.9. The minimum atomic E-state index is -0.0520. The van der Waals surface area contributed by atoms with E-state index >= 15 is 0 Å². The van der Waals surface area contributed by atoms with E-state index in [0.717, 1.165) is 38.6 Å². The Morgan fingerprint density at radius 1 is 1.26 bits per heavy atom. The number of carbonyl (C=O) groups is 2. The van der Waals surface area contributed by atoms with Crippen molar-refractivity contribution < 1.29 is 9.59 Å². The van der Waals surface area contributed by atoms with Crippen molar-refractivity contribution in [3.63, 3.8) is 0 Å². The van der Waals surface area contributed by atoms with Gasteiger partial charge in [-0.3, -0.25) is 9.59 Å². The minimum absolute atomic E-state index is 0. The largest absolute Gasteiger partial charge is 0.350 e. The average molecular weight is 288 g/mol. The summed E-state index contributed by atoms with van der Waals surface area (Å²) in [6, 6.07) is 0.436. The predicted molar refractivity (Wildman–Crippen MR) is 74.2 cm³/mol. The Bertz CT molecular complexity index is 354. The van der Waals surface area contributed by atoms with Gasteiger partial charge in [0, 0.05) is 19.0 Å². The molecular formula is C13H22ClN3O2. The maximum atomic E-state index is 12.0. The van der Waals surface area contributed by atoms with Gasteiger partial charge in [0.2, 0.25) is 11.8 Å². The highest BCUT2D eigenvalue weighted by molar-refractivity contribution is 5.85. The zero-order chi connectivity index (χ0) is 12.5. The molecule has 6 heteroatoms. The molecule has 2 unspecified atom stereocenters. The van der Waals surface area contributed by atoms with E-state index in [-0.39, 0.29) is 36.3 Å². The summed E-state index contributed by atoms with van der Waals surface area (Å²) in [5, 5.41) is 6.27. The molecule has 0 bridgehead atoms. The predicted octanol–water partition coefficient (Wildman–Crippen LogP) is 0.430. The number of likely N-dealkylation sites (tertiary alicyclic amines) is 1. The number of piperidine rings is 1. The molecule has 5 nitrogen and oxygen atoms in total. The Morgan fingerprint density at radius 3 is 2.68 bits per heavy atom. The Balaban J connectivity index is 0.00000133. The SMILES string of the molecule is Cl.O=C(NC1CC(=O)N(C2CC2)C1)C1CCCCN1. The number of hydrogen-bond acceptors (Lipinski definition) is 3. The number of rotatable bonds is 3. The molecule has 19 heavy (non-hydrogen) atoms. The van der Waals surface area contributed by atoms with Crippen LogP contribution in [0, 0.1) is 0 Å². The van der Waals surface area contributed by atoms with Crippen molar-refractivity contribution in [2.24, 2.45) is 0 Å². The highest BCUT2D eigenvalue weighted by atomic mass is 35.5. The van der Waals surface area contributed by atoms with Crippen LogP contribution < -0.4 is 10.6 Å². The highest BCUT2D eigenvalue weighted by Crippen LogP contribution is 2.30. The van der Waals surface area contributed by atoms with Gasteiger partial charge in [-0.1, -0.05) is 6.42 Å². The third kappa shape index (κ3) is 3.39. The molecule has 0 aromatic carbocycles. The van der Waals surface area contributed by atoms with Crippen molar-refractivity contribution in [3.05, 3.63) is 0 Å². The number of carbonyl (C=O) groups excluding carboxylic acids is 2. The van der Waals surface area contributed by atoms with Gasteiger partial charge in [-0.2, -0.15) is 0 Å². The van der Waals surface area contributed by atoms with Gasteiger partial charge in [0.1, 0.15) is 0 Å². The van der Waals surface area contributed by atoms with E-state index in [1.54, 1.807) is 0 Å². The number of hydrogen-bond donors (Lipinski definition) is 2. The molecule has 2 N–H and O–H groups in total. The van der Waals surface area contributed by atoms with Crippen LogP contribution in [0.1, 0.15) is 38.5 Å². The second kappa shape index (κ2) is 6.09. The smallest absolute Gasteiger partial charge is 0.237 e. The van der Waals surface area contributed by atoms with E-state index in [2.05, 4.69) is 10.6 Å². The lowest BCUT2D eigenvalue weighted by molar-refractivity contribution is -0.128. The topological polar surface area (TPSA) is 61.4 Å². The zero-order valence-electron chi connectivity index (χ0n) is 11.1. The molecule has 0 radical (unpaired) electrons. The number of amides is 2. The number of nitrogens with one attached hydrogen (secondary N) is 2. The van der Waals surface area contributed by atoms with Crippen molar-refractivity contribution in [2.45, 2.75) is 56.7 Å². The fraction of sp³-hybridized carbons (Fsp3) is 0.846. The van der Waals surface area contributed by atoms with Crippen LogP contribution >= 0.6 is 12.4 Å². The van der Waals surface area contributed by atoms with E-state index in [1.807, 2.05) is 4.90 Å². The van der Waals surface area contributed by atoms with Crippen LogP contribution in [0.15, 0.2) is 0 Å². The van der Waals surface area contributed by atoms with Gasteiger partial charge < -0.3 is 15.5 Å². The molecule has 2 heterocycles. The van der Waals surface area contributed by atoms with Crippen LogP contribution in [0.2, 0.25) is 0 Å². The van der Waals surface area contributed by atoms with E-state index in [0.29, 0.717) is 19.0 Å². The fourth-order valence-electron chi connectivity index (χ4n) is 2.94. The summed E-state index contributed by atoms with van der Waals surface area (Å²) in [5.74, 6) is 0.282. The maximum Gasteiger partial charge on any atom is 0.237 e. The zero-order valence-corrected chi connectivity index (χ0v) is 11.9. The van der Waals surface area contributed by atoms with Gasteiger partial charge in [0.25, 0.3) is 0 Å². The standard InChI is InChI=1S/C13H21N3O2.ClH/c17-12-7-9(8-16(12)10-4-5-10)15-13(18)11-3-1-2-6-14-11;/h9-11,14H,1-8H2,(H,15,18);1H. The Kier molecular flexibility index (Phi) is 4.68. The van der Waals surface area contributed by atoms with Gasteiger partial charge in [0.05, 0.1) is 12.1 Å². The van der Waals surface area contributed by atoms with Crippen molar-refractivity contribution in [1.29, 1.82) is 0 Å². The van der Waals surface area contributed by atoms with E-state index in [1.165, 1.54) is 0 Å². The molecular weight excluding hydrogens is 266 g/mol. The molecule has 2 aliphatic heterocycles. The lowest BCUT2D eigenvalue weighted by Crippen LogP contribution is -2.50. The van der Waals surface area contributed by atoms with Crippen LogP contribution in [0.25, 0.3) is 0 Å². The van der Waals surface area contributed by atoms with Crippen molar-refractivity contribution in [1.82, 2.24) is 15.5 Å². The van der Waals surface area contributed by atoms with Crippen molar-refractivity contribution in [3.8, 4) is 0 Å². The summed E-state index contributed by atoms with van der Waals surface area (Å²) in [6.45, 7) is 1.64. The van der Waals surface area contributed by atoms with Crippen molar-refractivity contribution >= 4 is 24.2 Å². The first-order chi connectivity index (χ1) is 8.74. The quantitative estimate of drug-likeness (QED) is 0.791. The maximum absolute atomic E-state index is 12.0. The Morgan fingerprint density at radius 2 is 2.05 bits per heavy atom. The first kappa shape index (κ1) is 14.6.